The predicted molar refractivity (Wildman–Crippen MR) is 79.7 cm³/mol. The minimum absolute atomic E-state index is 0.180. The second kappa shape index (κ2) is 5.63. The quantitative estimate of drug-likeness (QED) is 0.796. The molecule has 1 heterocycles. The molecule has 2 amide bonds. The third-order valence-corrected chi connectivity index (χ3v) is 5.49. The Kier molecular flexibility index (Phi) is 3.84. The van der Waals surface area contributed by atoms with Gasteiger partial charge in [-0.15, -0.1) is 11.3 Å². The number of nitrogens with zero attached hydrogens (tertiary/aromatic N) is 1. The highest BCUT2D eigenvalue weighted by atomic mass is 32.1. The van der Waals surface area contributed by atoms with Gasteiger partial charge >= 0.3 is 12.0 Å². The second-order valence-corrected chi connectivity index (χ2v) is 6.93. The molecule has 21 heavy (non-hydrogen) atoms. The number of carbonyl (C=O) groups excluding carboxylic acids is 1. The predicted octanol–water partition coefficient (Wildman–Crippen LogP) is 2.40. The number of amides is 2. The van der Waals surface area contributed by atoms with Crippen LogP contribution in [0.15, 0.2) is 0 Å². The molecule has 6 nitrogen and oxygen atoms in total. The number of rotatable bonds is 4. The molecule has 0 saturated heterocycles. The Bertz CT molecular complexity index is 542. The minimum atomic E-state index is -0.821. The van der Waals surface area contributed by atoms with Crippen molar-refractivity contribution < 1.29 is 14.7 Å². The second-order valence-electron chi connectivity index (χ2n) is 5.84. The van der Waals surface area contributed by atoms with Gasteiger partial charge in [0.2, 0.25) is 0 Å². The van der Waals surface area contributed by atoms with Gasteiger partial charge < -0.3 is 10.4 Å². The van der Waals surface area contributed by atoms with Gasteiger partial charge in [-0.3, -0.25) is 10.1 Å². The Morgan fingerprint density at radius 2 is 2.00 bits per heavy atom. The van der Waals surface area contributed by atoms with E-state index in [4.69, 9.17) is 0 Å². The normalized spacial score (nSPS) is 19.2. The molecule has 2 aliphatic rings. The van der Waals surface area contributed by atoms with E-state index in [1.54, 1.807) is 0 Å². The number of thiazole rings is 1. The molecule has 0 spiro atoms. The zero-order valence-corrected chi connectivity index (χ0v) is 12.6. The Labute approximate surface area is 127 Å². The fourth-order valence-corrected chi connectivity index (χ4v) is 3.91. The molecule has 3 rings (SSSR count). The molecule has 0 aromatic carbocycles. The van der Waals surface area contributed by atoms with Gasteiger partial charge in [0.25, 0.3) is 0 Å². The van der Waals surface area contributed by atoms with Gasteiger partial charge in [-0.05, 0) is 38.5 Å². The number of carbonyl (C=O) groups is 2. The topological polar surface area (TPSA) is 91.3 Å². The van der Waals surface area contributed by atoms with E-state index in [1.807, 2.05) is 0 Å². The number of urea groups is 1. The molecule has 0 bridgehead atoms. The van der Waals surface area contributed by atoms with Crippen LogP contribution in [0, 0.1) is 5.41 Å². The fraction of sp³-hybridized carbons (Fsp3) is 0.643. The summed E-state index contributed by atoms with van der Waals surface area (Å²) in [7, 11) is 0. The van der Waals surface area contributed by atoms with E-state index in [0.29, 0.717) is 18.0 Å². The number of nitrogens with one attached hydrogen (secondary N) is 2. The summed E-state index contributed by atoms with van der Waals surface area (Å²) >= 11 is 1.52. The van der Waals surface area contributed by atoms with Gasteiger partial charge in [0.15, 0.2) is 5.13 Å². The smallest absolute Gasteiger partial charge is 0.321 e. The lowest BCUT2D eigenvalue weighted by Crippen LogP contribution is -2.48. The third kappa shape index (κ3) is 2.88. The van der Waals surface area contributed by atoms with Crippen LogP contribution in [0.3, 0.4) is 0 Å². The summed E-state index contributed by atoms with van der Waals surface area (Å²) in [6.45, 7) is 0.180. The monoisotopic (exact) mass is 309 g/mol. The van der Waals surface area contributed by atoms with E-state index in [9.17, 15) is 14.7 Å². The standard InChI is InChI=1S/C14H19N3O3S/c18-11(19)14(6-3-7-14)8-15-12(20)17-13-16-9-4-1-2-5-10(9)21-13/h1-8H2,(H,18,19)(H2,15,16,17,20). The van der Waals surface area contributed by atoms with Crippen LogP contribution in [0.5, 0.6) is 0 Å². The number of carboxylic acids is 1. The molecule has 0 unspecified atom stereocenters. The Morgan fingerprint density at radius 3 is 2.62 bits per heavy atom. The number of carboxylic acid groups (broad SMARTS) is 1. The Balaban J connectivity index is 1.54. The Morgan fingerprint density at radius 1 is 1.24 bits per heavy atom. The van der Waals surface area contributed by atoms with Crippen LogP contribution in [0.4, 0.5) is 9.93 Å². The molecule has 1 aromatic rings. The van der Waals surface area contributed by atoms with E-state index >= 15 is 0 Å². The first-order chi connectivity index (χ1) is 10.1. The van der Waals surface area contributed by atoms with Crippen LogP contribution in [0.2, 0.25) is 0 Å². The molecule has 7 heteroatoms. The van der Waals surface area contributed by atoms with Crippen LogP contribution in [-0.2, 0) is 17.6 Å². The summed E-state index contributed by atoms with van der Waals surface area (Å²) in [6.07, 6.45) is 6.54. The average Bonchev–Trinajstić information content (AvgIpc) is 2.78. The highest BCUT2D eigenvalue weighted by molar-refractivity contribution is 7.15. The number of aryl methyl sites for hydroxylation is 2. The molecule has 1 aromatic heterocycles. The lowest BCUT2D eigenvalue weighted by molar-refractivity contribution is -0.153. The molecule has 114 valence electrons. The van der Waals surface area contributed by atoms with E-state index in [2.05, 4.69) is 15.6 Å². The number of aliphatic carboxylic acids is 1. The van der Waals surface area contributed by atoms with Crippen molar-refractivity contribution in [3.05, 3.63) is 10.6 Å². The third-order valence-electron chi connectivity index (χ3n) is 4.42. The van der Waals surface area contributed by atoms with Gasteiger partial charge in [0.05, 0.1) is 11.1 Å². The van der Waals surface area contributed by atoms with Crippen molar-refractivity contribution in [1.29, 1.82) is 0 Å². The maximum atomic E-state index is 11.9. The first-order valence-electron chi connectivity index (χ1n) is 7.36. The van der Waals surface area contributed by atoms with Gasteiger partial charge in [0, 0.05) is 11.4 Å². The van der Waals surface area contributed by atoms with Crippen LogP contribution in [0.1, 0.15) is 42.7 Å². The zero-order valence-electron chi connectivity index (χ0n) is 11.8. The summed E-state index contributed by atoms with van der Waals surface area (Å²) < 4.78 is 0. The van der Waals surface area contributed by atoms with Crippen molar-refractivity contribution >= 4 is 28.5 Å². The molecular formula is C14H19N3O3S. The van der Waals surface area contributed by atoms with Crippen molar-refractivity contribution in [3.63, 3.8) is 0 Å². The average molecular weight is 309 g/mol. The van der Waals surface area contributed by atoms with Gasteiger partial charge in [-0.1, -0.05) is 6.42 Å². The minimum Gasteiger partial charge on any atom is -0.481 e. The molecule has 2 aliphatic carbocycles. The van der Waals surface area contributed by atoms with Crippen molar-refractivity contribution in [1.82, 2.24) is 10.3 Å². The lowest BCUT2D eigenvalue weighted by atomic mass is 9.69. The summed E-state index contributed by atoms with van der Waals surface area (Å²) in [5, 5.41) is 15.2. The molecule has 3 N–H and O–H groups in total. The zero-order chi connectivity index (χ0) is 14.9. The number of hydrogen-bond acceptors (Lipinski definition) is 4. The van der Waals surface area contributed by atoms with E-state index < -0.39 is 11.4 Å². The Hall–Kier alpha value is -1.63. The van der Waals surface area contributed by atoms with Crippen molar-refractivity contribution in [2.24, 2.45) is 5.41 Å². The first-order valence-corrected chi connectivity index (χ1v) is 8.18. The van der Waals surface area contributed by atoms with Crippen LogP contribution >= 0.6 is 11.3 Å². The van der Waals surface area contributed by atoms with Crippen LogP contribution in [0.25, 0.3) is 0 Å². The van der Waals surface area contributed by atoms with Crippen molar-refractivity contribution in [2.45, 2.75) is 44.9 Å². The maximum Gasteiger partial charge on any atom is 0.321 e. The molecule has 0 atom stereocenters. The molecule has 0 aliphatic heterocycles. The van der Waals surface area contributed by atoms with Crippen LogP contribution in [-0.4, -0.2) is 28.6 Å². The van der Waals surface area contributed by atoms with Gasteiger partial charge in [-0.25, -0.2) is 9.78 Å². The highest BCUT2D eigenvalue weighted by Gasteiger charge is 2.44. The first kappa shape index (κ1) is 14.3. The lowest BCUT2D eigenvalue weighted by Gasteiger charge is -2.37. The number of fused-ring (bicyclic) bond motifs is 1. The van der Waals surface area contributed by atoms with Crippen molar-refractivity contribution in [2.75, 3.05) is 11.9 Å². The molecule has 0 radical (unpaired) electrons. The largest absolute Gasteiger partial charge is 0.481 e. The molecule has 1 saturated carbocycles. The maximum absolute atomic E-state index is 11.9. The molecular weight excluding hydrogens is 290 g/mol. The highest BCUT2D eigenvalue weighted by Crippen LogP contribution is 2.40. The molecule has 1 fully saturated rings. The van der Waals surface area contributed by atoms with Crippen molar-refractivity contribution in [3.8, 4) is 0 Å². The van der Waals surface area contributed by atoms with Gasteiger partial charge in [0.1, 0.15) is 0 Å². The summed E-state index contributed by atoms with van der Waals surface area (Å²) in [4.78, 5) is 28.8. The summed E-state index contributed by atoms with van der Waals surface area (Å²) in [6, 6.07) is -0.367. The van der Waals surface area contributed by atoms with Crippen LogP contribution < -0.4 is 10.6 Å². The summed E-state index contributed by atoms with van der Waals surface area (Å²) in [5.41, 5.74) is 0.335. The van der Waals surface area contributed by atoms with E-state index in [-0.39, 0.29) is 12.6 Å². The number of anilines is 1. The number of hydrogen-bond donors (Lipinski definition) is 3. The summed E-state index contributed by atoms with van der Waals surface area (Å²) in [5.74, 6) is -0.821. The SMILES string of the molecule is O=C(NCC1(C(=O)O)CCC1)Nc1nc2c(s1)CCCC2. The van der Waals surface area contributed by atoms with Gasteiger partial charge in [-0.2, -0.15) is 0 Å². The fourth-order valence-electron chi connectivity index (χ4n) is 2.87. The van der Waals surface area contributed by atoms with E-state index in [0.717, 1.165) is 31.4 Å². The van der Waals surface area contributed by atoms with E-state index in [1.165, 1.54) is 22.6 Å². The number of aromatic nitrogens is 1.